The number of hydrogen-bond acceptors (Lipinski definition) is 1. The van der Waals surface area contributed by atoms with Crippen LogP contribution in [0.5, 0.6) is 0 Å². The van der Waals surface area contributed by atoms with Crippen molar-refractivity contribution in [2.45, 2.75) is 13.0 Å². The van der Waals surface area contributed by atoms with Gasteiger partial charge in [0, 0.05) is 17.6 Å². The first kappa shape index (κ1) is 14.6. The van der Waals surface area contributed by atoms with E-state index in [4.69, 9.17) is 0 Å². The number of carboxylic acid groups (broad SMARTS) is 1. The summed E-state index contributed by atoms with van der Waals surface area (Å²) < 4.78 is 0.993. The highest BCUT2D eigenvalue weighted by Crippen LogP contribution is 2.13. The van der Waals surface area contributed by atoms with Crippen LogP contribution in [-0.2, 0) is 13.0 Å². The molecule has 0 unspecified atom stereocenters. The van der Waals surface area contributed by atoms with Crippen LogP contribution in [0.2, 0.25) is 0 Å². The second kappa shape index (κ2) is 7.10. The monoisotopic (exact) mass is 333 g/mol. The summed E-state index contributed by atoms with van der Waals surface area (Å²) in [7, 11) is 0. The van der Waals surface area contributed by atoms with Crippen molar-refractivity contribution in [1.29, 1.82) is 0 Å². The van der Waals surface area contributed by atoms with Crippen LogP contribution >= 0.6 is 15.9 Å². The molecule has 1 N–H and O–H groups in total. The number of benzene rings is 2. The van der Waals surface area contributed by atoms with Crippen LogP contribution in [-0.4, -0.2) is 22.6 Å². The van der Waals surface area contributed by atoms with Gasteiger partial charge in [0.25, 0.3) is 0 Å². The molecular formula is C16H16BrNO2. The van der Waals surface area contributed by atoms with E-state index in [9.17, 15) is 9.90 Å². The Morgan fingerprint density at radius 2 is 1.65 bits per heavy atom. The van der Waals surface area contributed by atoms with Gasteiger partial charge in [-0.05, 0) is 29.7 Å². The van der Waals surface area contributed by atoms with Crippen molar-refractivity contribution in [3.8, 4) is 0 Å². The van der Waals surface area contributed by atoms with Crippen molar-refractivity contribution in [3.05, 3.63) is 70.2 Å². The maximum atomic E-state index is 11.3. The van der Waals surface area contributed by atoms with Gasteiger partial charge in [-0.15, -0.1) is 0 Å². The Morgan fingerprint density at radius 3 is 2.25 bits per heavy atom. The third-order valence-corrected chi connectivity index (χ3v) is 3.60. The smallest absolute Gasteiger partial charge is 0.407 e. The lowest BCUT2D eigenvalue weighted by Gasteiger charge is -2.19. The molecule has 1 amide bonds. The van der Waals surface area contributed by atoms with E-state index in [-0.39, 0.29) is 0 Å². The van der Waals surface area contributed by atoms with E-state index < -0.39 is 6.09 Å². The summed E-state index contributed by atoms with van der Waals surface area (Å²) in [6.45, 7) is 0.908. The van der Waals surface area contributed by atoms with Gasteiger partial charge in [-0.1, -0.05) is 58.4 Å². The van der Waals surface area contributed by atoms with Crippen molar-refractivity contribution in [1.82, 2.24) is 4.90 Å². The summed E-state index contributed by atoms with van der Waals surface area (Å²) in [5.41, 5.74) is 2.14. The van der Waals surface area contributed by atoms with Gasteiger partial charge in [-0.25, -0.2) is 4.79 Å². The standard InChI is InChI=1S/C16H16BrNO2/c17-15-8-6-14(7-9-15)12-18(16(19)20)11-10-13-4-2-1-3-5-13/h1-9H,10-12H2,(H,19,20). The minimum absolute atomic E-state index is 0.412. The van der Waals surface area contributed by atoms with Gasteiger partial charge in [0.05, 0.1) is 0 Å². The SMILES string of the molecule is O=C(O)N(CCc1ccccc1)Cc1ccc(Br)cc1. The summed E-state index contributed by atoms with van der Waals surface area (Å²) in [5.74, 6) is 0. The van der Waals surface area contributed by atoms with Crippen LogP contribution < -0.4 is 0 Å². The fraction of sp³-hybridized carbons (Fsp3) is 0.188. The van der Waals surface area contributed by atoms with E-state index >= 15 is 0 Å². The second-order valence-electron chi connectivity index (χ2n) is 4.57. The molecule has 0 fully saturated rings. The van der Waals surface area contributed by atoms with Crippen molar-refractivity contribution in [3.63, 3.8) is 0 Å². The topological polar surface area (TPSA) is 40.5 Å². The maximum absolute atomic E-state index is 11.3. The number of hydrogen-bond donors (Lipinski definition) is 1. The molecule has 0 aliphatic rings. The molecule has 0 bridgehead atoms. The zero-order chi connectivity index (χ0) is 14.4. The summed E-state index contributed by atoms with van der Waals surface area (Å²) in [5, 5.41) is 9.28. The molecule has 2 aromatic rings. The highest BCUT2D eigenvalue weighted by molar-refractivity contribution is 9.10. The average molecular weight is 334 g/mol. The van der Waals surface area contributed by atoms with Gasteiger partial charge in [0.1, 0.15) is 0 Å². The molecule has 0 aromatic heterocycles. The molecule has 20 heavy (non-hydrogen) atoms. The fourth-order valence-corrected chi connectivity index (χ4v) is 2.23. The molecule has 0 radical (unpaired) electrons. The number of halogens is 1. The largest absolute Gasteiger partial charge is 0.465 e. The summed E-state index contributed by atoms with van der Waals surface area (Å²) in [4.78, 5) is 12.7. The molecule has 0 saturated heterocycles. The molecule has 0 atom stereocenters. The average Bonchev–Trinajstić information content (AvgIpc) is 2.46. The minimum Gasteiger partial charge on any atom is -0.465 e. The molecule has 0 saturated carbocycles. The lowest BCUT2D eigenvalue weighted by atomic mass is 10.1. The first-order valence-corrected chi connectivity index (χ1v) is 7.20. The van der Waals surface area contributed by atoms with Crippen molar-refractivity contribution in [2.75, 3.05) is 6.54 Å². The molecule has 104 valence electrons. The highest BCUT2D eigenvalue weighted by atomic mass is 79.9. The molecule has 3 nitrogen and oxygen atoms in total. The summed E-state index contributed by atoms with van der Waals surface area (Å²) in [6.07, 6.45) is -0.159. The summed E-state index contributed by atoms with van der Waals surface area (Å²) >= 11 is 3.37. The number of amides is 1. The second-order valence-corrected chi connectivity index (χ2v) is 5.48. The van der Waals surface area contributed by atoms with E-state index in [0.717, 1.165) is 22.0 Å². The van der Waals surface area contributed by atoms with E-state index in [2.05, 4.69) is 15.9 Å². The minimum atomic E-state index is -0.885. The molecule has 0 aliphatic heterocycles. The molecule has 4 heteroatoms. The lowest BCUT2D eigenvalue weighted by Crippen LogP contribution is -2.30. The highest BCUT2D eigenvalue weighted by Gasteiger charge is 2.12. The van der Waals surface area contributed by atoms with Crippen LogP contribution in [0.3, 0.4) is 0 Å². The van der Waals surface area contributed by atoms with Crippen LogP contribution in [0.4, 0.5) is 4.79 Å². The molecular weight excluding hydrogens is 318 g/mol. The van der Waals surface area contributed by atoms with E-state index in [0.29, 0.717) is 13.1 Å². The van der Waals surface area contributed by atoms with Crippen molar-refractivity contribution < 1.29 is 9.90 Å². The quantitative estimate of drug-likeness (QED) is 0.891. The van der Waals surface area contributed by atoms with Crippen LogP contribution in [0, 0.1) is 0 Å². The van der Waals surface area contributed by atoms with Crippen LogP contribution in [0.25, 0.3) is 0 Å². The van der Waals surface area contributed by atoms with Gasteiger partial charge >= 0.3 is 6.09 Å². The number of nitrogens with zero attached hydrogens (tertiary/aromatic N) is 1. The van der Waals surface area contributed by atoms with Crippen LogP contribution in [0.1, 0.15) is 11.1 Å². The van der Waals surface area contributed by atoms with E-state index in [1.54, 1.807) is 0 Å². The lowest BCUT2D eigenvalue weighted by molar-refractivity contribution is 0.143. The number of carbonyl (C=O) groups is 1. The summed E-state index contributed by atoms with van der Waals surface area (Å²) in [6, 6.07) is 17.6. The predicted molar refractivity (Wildman–Crippen MR) is 82.7 cm³/mol. The fourth-order valence-electron chi connectivity index (χ4n) is 1.96. The Bertz CT molecular complexity index is 554. The van der Waals surface area contributed by atoms with Gasteiger partial charge in [-0.3, -0.25) is 0 Å². The van der Waals surface area contributed by atoms with Crippen molar-refractivity contribution >= 4 is 22.0 Å². The molecule has 0 heterocycles. The first-order valence-electron chi connectivity index (χ1n) is 6.41. The Labute approximate surface area is 127 Å². The molecule has 0 spiro atoms. The predicted octanol–water partition coefficient (Wildman–Crippen LogP) is 4.17. The maximum Gasteiger partial charge on any atom is 0.407 e. The number of rotatable bonds is 5. The van der Waals surface area contributed by atoms with Gasteiger partial charge in [0.15, 0.2) is 0 Å². The van der Waals surface area contributed by atoms with Crippen LogP contribution in [0.15, 0.2) is 59.1 Å². The Kier molecular flexibility index (Phi) is 5.18. The Hall–Kier alpha value is -1.81. The van der Waals surface area contributed by atoms with Gasteiger partial charge < -0.3 is 10.0 Å². The molecule has 2 aromatic carbocycles. The van der Waals surface area contributed by atoms with Gasteiger partial charge in [0.2, 0.25) is 0 Å². The zero-order valence-electron chi connectivity index (χ0n) is 11.0. The third-order valence-electron chi connectivity index (χ3n) is 3.07. The van der Waals surface area contributed by atoms with Crippen molar-refractivity contribution in [2.24, 2.45) is 0 Å². The van der Waals surface area contributed by atoms with E-state index in [1.165, 1.54) is 4.90 Å². The Balaban J connectivity index is 1.97. The van der Waals surface area contributed by atoms with Gasteiger partial charge in [-0.2, -0.15) is 0 Å². The Morgan fingerprint density at radius 1 is 1.00 bits per heavy atom. The van der Waals surface area contributed by atoms with E-state index in [1.807, 2.05) is 54.6 Å². The third kappa shape index (κ3) is 4.38. The normalized spacial score (nSPS) is 10.2. The molecule has 2 rings (SSSR count). The zero-order valence-corrected chi connectivity index (χ0v) is 12.6. The molecule has 0 aliphatic carbocycles. The first-order chi connectivity index (χ1) is 9.65.